The average molecular weight is 734 g/mol. The first kappa shape index (κ1) is 39.8. The van der Waals surface area contributed by atoms with E-state index in [4.69, 9.17) is 0 Å². The van der Waals surface area contributed by atoms with Crippen LogP contribution in [0, 0.1) is 52.0 Å². The molecule has 2 aliphatic rings. The Kier molecular flexibility index (Phi) is 16.0. The van der Waals surface area contributed by atoms with Gasteiger partial charge in [0.15, 0.2) is 0 Å². The summed E-state index contributed by atoms with van der Waals surface area (Å²) >= 11 is 0. The number of aryl methyl sites for hydroxylation is 4. The van der Waals surface area contributed by atoms with Crippen LogP contribution in [0.25, 0.3) is 46.4 Å². The van der Waals surface area contributed by atoms with Crippen molar-refractivity contribution in [2.45, 2.75) is 27.7 Å². The summed E-state index contributed by atoms with van der Waals surface area (Å²) in [5.74, 6) is 0. The van der Waals surface area contributed by atoms with Gasteiger partial charge in [-0.2, -0.15) is 144 Å². The molecule has 267 valence electrons. The minimum Gasteiger partial charge on any atom is -0.355 e. The van der Waals surface area contributed by atoms with Gasteiger partial charge in [0.05, 0.1) is 22.8 Å². The van der Waals surface area contributed by atoms with E-state index in [0.29, 0.717) is 0 Å². The second-order valence-corrected chi connectivity index (χ2v) is 12.2. The molecule has 5 heteroatoms. The van der Waals surface area contributed by atoms with Gasteiger partial charge in [0.25, 0.3) is 0 Å². The van der Waals surface area contributed by atoms with Gasteiger partial charge in [-0.25, -0.2) is 9.97 Å². The molecule has 1 radical (unpaired) electrons. The number of H-pyrrole nitrogens is 2. The molecule has 4 nitrogen and oxygen atoms in total. The third kappa shape index (κ3) is 14.6. The smallest absolute Gasteiger partial charge is 0.0659 e. The molecular weight excluding hydrogens is 691 g/mol. The zero-order valence-electron chi connectivity index (χ0n) is 30.4. The molecule has 0 atom stereocenters. The summed E-state index contributed by atoms with van der Waals surface area (Å²) in [7, 11) is 0. The number of benzene rings is 4. The van der Waals surface area contributed by atoms with Crippen molar-refractivity contribution >= 4 is 46.4 Å². The van der Waals surface area contributed by atoms with E-state index < -0.39 is 0 Å². The Morgan fingerprint density at radius 1 is 0.340 bits per heavy atom. The van der Waals surface area contributed by atoms with Gasteiger partial charge >= 0.3 is 0 Å². The van der Waals surface area contributed by atoms with Crippen LogP contribution < -0.4 is 0 Å². The van der Waals surface area contributed by atoms with Crippen molar-refractivity contribution in [2.75, 3.05) is 0 Å². The Balaban J connectivity index is 0.000000176. The number of aromatic nitrogens is 4. The van der Waals surface area contributed by atoms with Crippen LogP contribution in [0.15, 0.2) is 146 Å². The molecule has 53 heavy (non-hydrogen) atoms. The third-order valence-corrected chi connectivity index (χ3v) is 7.58. The Bertz CT molecular complexity index is 2090. The van der Waals surface area contributed by atoms with Crippen LogP contribution in [-0.2, 0) is 16.8 Å². The van der Waals surface area contributed by atoms with Crippen molar-refractivity contribution in [3.05, 3.63) is 215 Å². The number of aromatic amines is 2. The summed E-state index contributed by atoms with van der Waals surface area (Å²) < 4.78 is 0. The predicted octanol–water partition coefficient (Wildman–Crippen LogP) is 11.8. The topological polar surface area (TPSA) is 57.4 Å². The fourth-order valence-electron chi connectivity index (χ4n) is 4.82. The number of hydrogen-bond acceptors (Lipinski definition) is 2. The normalized spacial score (nSPS) is 10.3. The van der Waals surface area contributed by atoms with E-state index in [-0.39, 0.29) is 16.8 Å². The second-order valence-electron chi connectivity index (χ2n) is 12.2. The maximum atomic E-state index is 4.62. The second kappa shape index (κ2) is 21.4. The molecule has 7 aromatic rings. The third-order valence-electron chi connectivity index (χ3n) is 7.58. The van der Waals surface area contributed by atoms with Crippen molar-refractivity contribution in [1.29, 1.82) is 0 Å². The zero-order chi connectivity index (χ0) is 36.4. The SMILES string of the molecule is C1=Cc2cc3ccc(cc4ccc(cc5nc(cc1n2)C=C5)[nH]4)[nH]3.Cc1cc[c-]cc1.Cc1cc[c-]cc1.Cc1cc[c-]cc1.Cc1cc[c-]cc1.[Co]. The first-order valence-electron chi connectivity index (χ1n) is 17.1. The van der Waals surface area contributed by atoms with Gasteiger partial charge in [0, 0.05) is 38.8 Å². The van der Waals surface area contributed by atoms with Crippen molar-refractivity contribution in [2.24, 2.45) is 0 Å². The number of nitrogens with one attached hydrogen (secondary N) is 2. The monoisotopic (exact) mass is 733 g/mol. The molecule has 0 fully saturated rings. The molecule has 9 rings (SSSR count). The molecule has 0 saturated carbocycles. The minimum atomic E-state index is 0. The molecule has 0 saturated heterocycles. The maximum Gasteiger partial charge on any atom is 0.0659 e. The van der Waals surface area contributed by atoms with Gasteiger partial charge in [-0.05, 0) is 72.8 Å². The molecule has 3 aromatic heterocycles. The molecular formula is C48H42CoN4-4. The van der Waals surface area contributed by atoms with Crippen LogP contribution in [0.4, 0.5) is 0 Å². The summed E-state index contributed by atoms with van der Waals surface area (Å²) in [6, 6.07) is 59.7. The molecule has 0 amide bonds. The van der Waals surface area contributed by atoms with Crippen molar-refractivity contribution in [1.82, 2.24) is 19.9 Å². The van der Waals surface area contributed by atoms with E-state index in [9.17, 15) is 0 Å². The van der Waals surface area contributed by atoms with Crippen molar-refractivity contribution in [3.8, 4) is 0 Å². The van der Waals surface area contributed by atoms with E-state index in [1.54, 1.807) is 0 Å². The number of hydrogen-bond donors (Lipinski definition) is 2. The van der Waals surface area contributed by atoms with Crippen LogP contribution in [0.1, 0.15) is 45.0 Å². The average Bonchev–Trinajstić information content (AvgIpc) is 3.98. The van der Waals surface area contributed by atoms with Gasteiger partial charge in [-0.1, -0.05) is 27.7 Å². The molecule has 4 aromatic carbocycles. The van der Waals surface area contributed by atoms with Gasteiger partial charge < -0.3 is 9.97 Å². The van der Waals surface area contributed by atoms with E-state index >= 15 is 0 Å². The Morgan fingerprint density at radius 2 is 0.585 bits per heavy atom. The van der Waals surface area contributed by atoms with Gasteiger partial charge in [0.2, 0.25) is 0 Å². The Morgan fingerprint density at radius 3 is 0.830 bits per heavy atom. The van der Waals surface area contributed by atoms with E-state index in [1.807, 2.05) is 140 Å². The number of fused-ring (bicyclic) bond motifs is 8. The molecule has 5 heterocycles. The van der Waals surface area contributed by atoms with Crippen LogP contribution >= 0.6 is 0 Å². The summed E-state index contributed by atoms with van der Waals surface area (Å²) in [5, 5.41) is 0. The van der Waals surface area contributed by atoms with Crippen LogP contribution in [0.2, 0.25) is 0 Å². The van der Waals surface area contributed by atoms with Gasteiger partial charge in [-0.3, -0.25) is 0 Å². The van der Waals surface area contributed by atoms with Gasteiger partial charge in [0.1, 0.15) is 0 Å². The maximum absolute atomic E-state index is 4.62. The Labute approximate surface area is 324 Å². The molecule has 0 spiro atoms. The number of rotatable bonds is 0. The van der Waals surface area contributed by atoms with Gasteiger partial charge in [-0.15, -0.1) is 0 Å². The summed E-state index contributed by atoms with van der Waals surface area (Å²) in [6.45, 7) is 8.25. The van der Waals surface area contributed by atoms with E-state index in [0.717, 1.165) is 44.8 Å². The fraction of sp³-hybridized carbons (Fsp3) is 0.0833. The van der Waals surface area contributed by atoms with Crippen molar-refractivity contribution in [3.63, 3.8) is 0 Å². The summed E-state index contributed by atoms with van der Waals surface area (Å²) in [5.41, 5.74) is 13.0. The minimum absolute atomic E-state index is 0. The molecule has 2 N–H and O–H groups in total. The van der Waals surface area contributed by atoms with Crippen LogP contribution in [0.5, 0.6) is 0 Å². The quantitative estimate of drug-likeness (QED) is 0.153. The number of nitrogens with zero attached hydrogens (tertiary/aromatic N) is 2. The molecule has 8 bridgehead atoms. The molecule has 0 unspecified atom stereocenters. The first-order chi connectivity index (χ1) is 25.4. The van der Waals surface area contributed by atoms with E-state index in [1.165, 1.54) is 22.3 Å². The first-order valence-corrected chi connectivity index (χ1v) is 17.1. The standard InChI is InChI=1S/C20H14N4.4C7H7.Co/c1-2-14-10-16-5-6-18(23-16)12-20-8-7-19(24-20)11-17-4-3-15(22-17)9-13(1)21-14;4*1-7-5-3-2-4-6-7;/h1-12,21-22H;4*3-6H,1H3;/q;4*-1;. The fourth-order valence-corrected chi connectivity index (χ4v) is 4.82. The zero-order valence-corrected chi connectivity index (χ0v) is 31.4. The predicted molar refractivity (Wildman–Crippen MR) is 219 cm³/mol. The van der Waals surface area contributed by atoms with Crippen molar-refractivity contribution < 1.29 is 16.8 Å². The molecule has 2 aliphatic heterocycles. The largest absolute Gasteiger partial charge is 0.355 e. The Hall–Kier alpha value is -6.01. The summed E-state index contributed by atoms with van der Waals surface area (Å²) in [6.07, 6.45) is 8.05. The van der Waals surface area contributed by atoms with Crippen LogP contribution in [0.3, 0.4) is 0 Å². The van der Waals surface area contributed by atoms with E-state index in [2.05, 4.69) is 102 Å². The van der Waals surface area contributed by atoms with Crippen LogP contribution in [-0.4, -0.2) is 19.9 Å². The summed E-state index contributed by atoms with van der Waals surface area (Å²) in [4.78, 5) is 16.0. The molecule has 0 aliphatic carbocycles.